The Morgan fingerprint density at radius 1 is 1.16 bits per heavy atom. The molecule has 1 aliphatic carbocycles. The van der Waals surface area contributed by atoms with Gasteiger partial charge in [0.15, 0.2) is 0 Å². The van der Waals surface area contributed by atoms with Gasteiger partial charge < -0.3 is 5.11 Å². The second-order valence-electron chi connectivity index (χ2n) is 5.32. The van der Waals surface area contributed by atoms with Gasteiger partial charge in [0, 0.05) is 0 Å². The maximum atomic E-state index is 13.1. The Morgan fingerprint density at radius 2 is 2.00 bits per heavy atom. The lowest BCUT2D eigenvalue weighted by Crippen LogP contribution is -2.23. The van der Waals surface area contributed by atoms with E-state index in [1.165, 1.54) is 23.3 Å². The summed E-state index contributed by atoms with van der Waals surface area (Å²) in [4.78, 5) is 0. The predicted molar refractivity (Wildman–Crippen MR) is 73.6 cm³/mol. The molecule has 0 saturated heterocycles. The van der Waals surface area contributed by atoms with Crippen LogP contribution >= 0.6 is 0 Å². The fourth-order valence-electron chi connectivity index (χ4n) is 2.92. The van der Waals surface area contributed by atoms with Crippen molar-refractivity contribution in [3.05, 3.63) is 71.0 Å². The molecule has 0 aliphatic heterocycles. The van der Waals surface area contributed by atoms with Gasteiger partial charge in [0.25, 0.3) is 0 Å². The Hall–Kier alpha value is -1.67. The molecule has 0 aromatic heterocycles. The first kappa shape index (κ1) is 12.4. The van der Waals surface area contributed by atoms with Crippen molar-refractivity contribution in [2.75, 3.05) is 0 Å². The molecule has 98 valence electrons. The zero-order valence-electron chi connectivity index (χ0n) is 10.7. The van der Waals surface area contributed by atoms with E-state index in [0.717, 1.165) is 18.4 Å². The van der Waals surface area contributed by atoms with Gasteiger partial charge in [0.1, 0.15) is 5.82 Å². The highest BCUT2D eigenvalue weighted by Gasteiger charge is 2.27. The van der Waals surface area contributed by atoms with Crippen LogP contribution in [0.5, 0.6) is 0 Å². The van der Waals surface area contributed by atoms with Gasteiger partial charge in [-0.15, -0.1) is 0 Å². The van der Waals surface area contributed by atoms with E-state index in [-0.39, 0.29) is 5.82 Å². The molecule has 0 fully saturated rings. The van der Waals surface area contributed by atoms with Gasteiger partial charge in [0.05, 0.1) is 6.10 Å². The summed E-state index contributed by atoms with van der Waals surface area (Å²) in [7, 11) is 0. The van der Waals surface area contributed by atoms with E-state index in [1.807, 2.05) is 12.1 Å². The van der Waals surface area contributed by atoms with E-state index >= 15 is 0 Å². The van der Waals surface area contributed by atoms with E-state index in [9.17, 15) is 9.50 Å². The van der Waals surface area contributed by atoms with Gasteiger partial charge in [-0.05, 0) is 54.0 Å². The minimum atomic E-state index is -0.403. The van der Waals surface area contributed by atoms with E-state index in [0.29, 0.717) is 12.3 Å². The van der Waals surface area contributed by atoms with Crippen molar-refractivity contribution in [1.29, 1.82) is 0 Å². The van der Waals surface area contributed by atoms with Gasteiger partial charge in [-0.1, -0.05) is 36.4 Å². The van der Waals surface area contributed by atoms with Crippen LogP contribution in [-0.4, -0.2) is 11.2 Å². The van der Waals surface area contributed by atoms with Crippen LogP contribution in [0, 0.1) is 5.82 Å². The highest BCUT2D eigenvalue weighted by molar-refractivity contribution is 5.39. The first-order chi connectivity index (χ1) is 9.22. The van der Waals surface area contributed by atoms with Crippen molar-refractivity contribution in [2.24, 2.45) is 0 Å². The second-order valence-corrected chi connectivity index (χ2v) is 5.32. The summed E-state index contributed by atoms with van der Waals surface area (Å²) in [5.74, 6) is 0.221. The number of hydrogen-bond acceptors (Lipinski definition) is 1. The SMILES string of the molecule is OC(Cc1cccc(F)c1)CC1Cc2ccccc21. The molecule has 0 saturated carbocycles. The molecule has 3 rings (SSSR count). The molecule has 1 aliphatic rings. The molecule has 0 radical (unpaired) electrons. The number of rotatable bonds is 4. The number of hydrogen-bond donors (Lipinski definition) is 1. The van der Waals surface area contributed by atoms with Crippen molar-refractivity contribution < 1.29 is 9.50 Å². The van der Waals surface area contributed by atoms with E-state index in [2.05, 4.69) is 18.2 Å². The predicted octanol–water partition coefficient (Wildman–Crippen LogP) is 3.46. The smallest absolute Gasteiger partial charge is 0.123 e. The zero-order chi connectivity index (χ0) is 13.2. The van der Waals surface area contributed by atoms with Crippen LogP contribution < -0.4 is 0 Å². The molecule has 2 aromatic carbocycles. The number of aliphatic hydroxyl groups is 1. The van der Waals surface area contributed by atoms with Crippen LogP contribution in [0.3, 0.4) is 0 Å². The Kier molecular flexibility index (Phi) is 3.34. The summed E-state index contributed by atoms with van der Waals surface area (Å²) in [5, 5.41) is 10.1. The molecule has 1 N–H and O–H groups in total. The number of fused-ring (bicyclic) bond motifs is 1. The normalized spacial score (nSPS) is 18.5. The minimum absolute atomic E-state index is 0.237. The third kappa shape index (κ3) is 2.69. The number of halogens is 1. The molecule has 2 aromatic rings. The van der Waals surface area contributed by atoms with Crippen molar-refractivity contribution in [1.82, 2.24) is 0 Å². The molecule has 2 unspecified atom stereocenters. The molecule has 1 nitrogen and oxygen atoms in total. The molecule has 19 heavy (non-hydrogen) atoms. The zero-order valence-corrected chi connectivity index (χ0v) is 10.7. The van der Waals surface area contributed by atoms with Crippen LogP contribution in [-0.2, 0) is 12.8 Å². The Balaban J connectivity index is 1.60. The van der Waals surface area contributed by atoms with Crippen molar-refractivity contribution in [3.63, 3.8) is 0 Å². The molecular weight excluding hydrogens is 239 g/mol. The molecular formula is C17H17FO. The summed E-state index contributed by atoms with van der Waals surface area (Å²) in [6.45, 7) is 0. The Labute approximate surface area is 112 Å². The van der Waals surface area contributed by atoms with Crippen LogP contribution in [0.25, 0.3) is 0 Å². The minimum Gasteiger partial charge on any atom is -0.393 e. The average Bonchev–Trinajstić information content (AvgIpc) is 2.36. The van der Waals surface area contributed by atoms with E-state index in [1.54, 1.807) is 6.07 Å². The van der Waals surface area contributed by atoms with E-state index < -0.39 is 6.10 Å². The maximum absolute atomic E-state index is 13.1. The fourth-order valence-corrected chi connectivity index (χ4v) is 2.92. The Bertz CT molecular complexity index is 579. The van der Waals surface area contributed by atoms with Gasteiger partial charge in [-0.2, -0.15) is 0 Å². The molecule has 2 atom stereocenters. The summed E-state index contributed by atoms with van der Waals surface area (Å²) >= 11 is 0. The first-order valence-corrected chi connectivity index (χ1v) is 6.72. The summed E-state index contributed by atoms with van der Waals surface area (Å²) in [5.41, 5.74) is 3.62. The topological polar surface area (TPSA) is 20.2 Å². The third-order valence-corrected chi connectivity index (χ3v) is 3.88. The van der Waals surface area contributed by atoms with Crippen molar-refractivity contribution in [3.8, 4) is 0 Å². The molecule has 0 heterocycles. The second kappa shape index (κ2) is 5.14. The Morgan fingerprint density at radius 3 is 2.79 bits per heavy atom. The highest BCUT2D eigenvalue weighted by Crippen LogP contribution is 2.38. The lowest BCUT2D eigenvalue weighted by molar-refractivity contribution is 0.151. The highest BCUT2D eigenvalue weighted by atomic mass is 19.1. The first-order valence-electron chi connectivity index (χ1n) is 6.72. The molecule has 0 bridgehead atoms. The maximum Gasteiger partial charge on any atom is 0.123 e. The number of benzene rings is 2. The monoisotopic (exact) mass is 256 g/mol. The van der Waals surface area contributed by atoms with Gasteiger partial charge in [-0.3, -0.25) is 0 Å². The lowest BCUT2D eigenvalue weighted by atomic mass is 9.74. The average molecular weight is 256 g/mol. The molecule has 0 spiro atoms. The standard InChI is InChI=1S/C17H17FO/c18-15-6-3-4-12(8-15)9-16(19)11-14-10-13-5-1-2-7-17(13)14/h1-8,14,16,19H,9-11H2. The fraction of sp³-hybridized carbons (Fsp3) is 0.294. The van der Waals surface area contributed by atoms with Gasteiger partial charge in [0.2, 0.25) is 0 Å². The van der Waals surface area contributed by atoms with Crippen LogP contribution in [0.2, 0.25) is 0 Å². The summed E-state index contributed by atoms with van der Waals surface area (Å²) in [6.07, 6.45) is 1.93. The largest absolute Gasteiger partial charge is 0.393 e. The van der Waals surface area contributed by atoms with Crippen molar-refractivity contribution in [2.45, 2.75) is 31.3 Å². The van der Waals surface area contributed by atoms with Crippen LogP contribution in [0.15, 0.2) is 48.5 Å². The quantitative estimate of drug-likeness (QED) is 0.888. The third-order valence-electron chi connectivity index (χ3n) is 3.88. The van der Waals surface area contributed by atoms with Crippen molar-refractivity contribution >= 4 is 0 Å². The van der Waals surface area contributed by atoms with Crippen LogP contribution in [0.1, 0.15) is 29.0 Å². The van der Waals surface area contributed by atoms with E-state index in [4.69, 9.17) is 0 Å². The lowest BCUT2D eigenvalue weighted by Gasteiger charge is -2.31. The summed E-state index contributed by atoms with van der Waals surface area (Å²) in [6, 6.07) is 14.9. The molecule has 2 heteroatoms. The van der Waals surface area contributed by atoms with Gasteiger partial charge in [-0.25, -0.2) is 4.39 Å². The van der Waals surface area contributed by atoms with Crippen LogP contribution in [0.4, 0.5) is 4.39 Å². The summed E-state index contributed by atoms with van der Waals surface area (Å²) < 4.78 is 13.1. The number of aliphatic hydroxyl groups excluding tert-OH is 1. The molecule has 0 amide bonds. The van der Waals surface area contributed by atoms with Gasteiger partial charge >= 0.3 is 0 Å².